The SMILES string of the molecule is CCS(=O)(=O)N(CC(=O)NC[C@H]1COc2ccccc2O1)c1ccc2c(c1)OCCO2. The summed E-state index contributed by atoms with van der Waals surface area (Å²) in [6.07, 6.45) is -0.371. The first kappa shape index (κ1) is 21.1. The molecule has 0 bridgehead atoms. The summed E-state index contributed by atoms with van der Waals surface area (Å²) in [6.45, 7) is 2.46. The highest BCUT2D eigenvalue weighted by Crippen LogP contribution is 2.35. The van der Waals surface area contributed by atoms with Gasteiger partial charge in [-0.15, -0.1) is 0 Å². The van der Waals surface area contributed by atoms with Gasteiger partial charge in [0, 0.05) is 6.07 Å². The normalized spacial score (nSPS) is 17.0. The lowest BCUT2D eigenvalue weighted by Gasteiger charge is -2.28. The number of amides is 1. The van der Waals surface area contributed by atoms with Crippen LogP contribution in [0, 0.1) is 0 Å². The van der Waals surface area contributed by atoms with Crippen LogP contribution in [0.25, 0.3) is 0 Å². The molecule has 0 fully saturated rings. The van der Waals surface area contributed by atoms with Crippen molar-refractivity contribution in [2.75, 3.05) is 43.0 Å². The summed E-state index contributed by atoms with van der Waals surface area (Å²) >= 11 is 0. The van der Waals surface area contributed by atoms with Crippen LogP contribution in [0.2, 0.25) is 0 Å². The van der Waals surface area contributed by atoms with Crippen molar-refractivity contribution in [2.24, 2.45) is 0 Å². The van der Waals surface area contributed by atoms with Crippen molar-refractivity contribution >= 4 is 21.6 Å². The Hall–Kier alpha value is -3.14. The number of carbonyl (C=O) groups is 1. The second kappa shape index (κ2) is 8.93. The number of nitrogens with zero attached hydrogens (tertiary/aromatic N) is 1. The molecule has 4 rings (SSSR count). The topological polar surface area (TPSA) is 103 Å². The van der Waals surface area contributed by atoms with Crippen molar-refractivity contribution in [3.63, 3.8) is 0 Å². The lowest BCUT2D eigenvalue weighted by molar-refractivity contribution is -0.120. The highest BCUT2D eigenvalue weighted by atomic mass is 32.2. The van der Waals surface area contributed by atoms with Gasteiger partial charge in [-0.1, -0.05) is 12.1 Å². The summed E-state index contributed by atoms with van der Waals surface area (Å²) in [5.74, 6) is 1.66. The molecule has 31 heavy (non-hydrogen) atoms. The van der Waals surface area contributed by atoms with E-state index in [4.69, 9.17) is 18.9 Å². The van der Waals surface area contributed by atoms with Crippen molar-refractivity contribution in [1.29, 1.82) is 0 Å². The smallest absolute Gasteiger partial charge is 0.240 e. The number of sulfonamides is 1. The molecule has 2 aliphatic heterocycles. The molecule has 0 saturated heterocycles. The average Bonchev–Trinajstić information content (AvgIpc) is 2.80. The molecule has 0 spiro atoms. The van der Waals surface area contributed by atoms with Crippen LogP contribution in [0.5, 0.6) is 23.0 Å². The molecule has 1 atom stereocenters. The largest absolute Gasteiger partial charge is 0.486 e. The summed E-state index contributed by atoms with van der Waals surface area (Å²) < 4.78 is 48.9. The minimum atomic E-state index is -3.70. The van der Waals surface area contributed by atoms with E-state index in [0.717, 1.165) is 4.31 Å². The van der Waals surface area contributed by atoms with Crippen LogP contribution in [-0.4, -0.2) is 59.1 Å². The Morgan fingerprint density at radius 1 is 1.03 bits per heavy atom. The van der Waals surface area contributed by atoms with Gasteiger partial charge in [0.05, 0.1) is 18.0 Å². The van der Waals surface area contributed by atoms with Crippen molar-refractivity contribution in [3.05, 3.63) is 42.5 Å². The van der Waals surface area contributed by atoms with E-state index < -0.39 is 15.9 Å². The third kappa shape index (κ3) is 4.79. The summed E-state index contributed by atoms with van der Waals surface area (Å²) in [7, 11) is -3.70. The first-order valence-electron chi connectivity index (χ1n) is 10.0. The molecule has 0 unspecified atom stereocenters. The highest BCUT2D eigenvalue weighted by molar-refractivity contribution is 7.92. The Bertz CT molecular complexity index is 1060. The van der Waals surface area contributed by atoms with Crippen molar-refractivity contribution in [1.82, 2.24) is 5.32 Å². The fourth-order valence-electron chi connectivity index (χ4n) is 3.27. The van der Waals surface area contributed by atoms with Gasteiger partial charge >= 0.3 is 0 Å². The lowest BCUT2D eigenvalue weighted by Crippen LogP contribution is -2.46. The van der Waals surface area contributed by atoms with E-state index in [0.29, 0.717) is 41.9 Å². The van der Waals surface area contributed by atoms with Gasteiger partial charge in [-0.2, -0.15) is 0 Å². The molecule has 1 N–H and O–H groups in total. The zero-order valence-corrected chi connectivity index (χ0v) is 17.9. The van der Waals surface area contributed by atoms with Crippen LogP contribution in [0.1, 0.15) is 6.92 Å². The third-order valence-electron chi connectivity index (χ3n) is 4.90. The number of hydrogen-bond donors (Lipinski definition) is 1. The first-order chi connectivity index (χ1) is 15.0. The summed E-state index contributed by atoms with van der Waals surface area (Å²) in [5, 5.41) is 2.74. The van der Waals surface area contributed by atoms with Crippen LogP contribution < -0.4 is 28.6 Å². The van der Waals surface area contributed by atoms with Gasteiger partial charge in [0.25, 0.3) is 0 Å². The van der Waals surface area contributed by atoms with Gasteiger partial charge in [-0.25, -0.2) is 8.42 Å². The van der Waals surface area contributed by atoms with Gasteiger partial charge in [-0.05, 0) is 31.2 Å². The fraction of sp³-hybridized carbons (Fsp3) is 0.381. The number of para-hydroxylation sites is 2. The van der Waals surface area contributed by atoms with E-state index >= 15 is 0 Å². The summed E-state index contributed by atoms with van der Waals surface area (Å²) in [4.78, 5) is 12.6. The van der Waals surface area contributed by atoms with E-state index in [2.05, 4.69) is 5.32 Å². The molecular weight excluding hydrogens is 424 g/mol. The van der Waals surface area contributed by atoms with Crippen molar-refractivity contribution < 1.29 is 32.2 Å². The number of anilines is 1. The molecule has 0 radical (unpaired) electrons. The lowest BCUT2D eigenvalue weighted by atomic mass is 10.2. The van der Waals surface area contributed by atoms with Crippen LogP contribution in [0.4, 0.5) is 5.69 Å². The Labute approximate surface area is 180 Å². The Morgan fingerprint density at radius 3 is 2.52 bits per heavy atom. The fourth-order valence-corrected chi connectivity index (χ4v) is 4.33. The minimum absolute atomic E-state index is 0.148. The molecule has 2 aliphatic rings. The quantitative estimate of drug-likeness (QED) is 0.686. The average molecular weight is 448 g/mol. The number of benzene rings is 2. The van der Waals surface area contributed by atoms with Gasteiger partial charge in [0.1, 0.15) is 32.5 Å². The van der Waals surface area contributed by atoms with Crippen LogP contribution >= 0.6 is 0 Å². The Kier molecular flexibility index (Phi) is 6.08. The Morgan fingerprint density at radius 2 is 1.74 bits per heavy atom. The third-order valence-corrected chi connectivity index (χ3v) is 6.64. The number of carbonyl (C=O) groups excluding carboxylic acids is 1. The number of nitrogens with one attached hydrogen (secondary N) is 1. The van der Waals surface area contributed by atoms with E-state index in [1.165, 1.54) is 6.92 Å². The molecule has 166 valence electrons. The van der Waals surface area contributed by atoms with E-state index in [9.17, 15) is 13.2 Å². The van der Waals surface area contributed by atoms with Gasteiger partial charge in [-0.3, -0.25) is 9.10 Å². The predicted molar refractivity (Wildman–Crippen MR) is 114 cm³/mol. The standard InChI is InChI=1S/C21H24N2O7S/c1-2-31(25,26)23(15-7-8-18-20(11-15)28-10-9-27-18)13-21(24)22-12-16-14-29-17-5-3-4-6-19(17)30-16/h3-8,11,16H,2,9-10,12-14H2,1H3,(H,22,24)/t16-/m0/s1. The maximum atomic E-state index is 12.7. The number of rotatable bonds is 7. The molecular formula is C21H24N2O7S. The molecule has 10 heteroatoms. The van der Waals surface area contributed by atoms with Crippen molar-refractivity contribution in [3.8, 4) is 23.0 Å². The van der Waals surface area contributed by atoms with Gasteiger partial charge in [0.2, 0.25) is 15.9 Å². The Balaban J connectivity index is 1.42. The number of hydrogen-bond acceptors (Lipinski definition) is 7. The van der Waals surface area contributed by atoms with E-state index in [1.807, 2.05) is 18.2 Å². The second-order valence-electron chi connectivity index (χ2n) is 7.04. The molecule has 0 aromatic heterocycles. The molecule has 9 nitrogen and oxygen atoms in total. The monoisotopic (exact) mass is 448 g/mol. The molecule has 2 aromatic rings. The number of ether oxygens (including phenoxy) is 4. The molecule has 1 amide bonds. The molecule has 2 heterocycles. The predicted octanol–water partition coefficient (Wildman–Crippen LogP) is 1.57. The molecule has 0 saturated carbocycles. The van der Waals surface area contributed by atoms with Crippen LogP contribution in [-0.2, 0) is 14.8 Å². The zero-order chi connectivity index (χ0) is 21.8. The number of fused-ring (bicyclic) bond motifs is 2. The van der Waals surface area contributed by atoms with Crippen LogP contribution in [0.15, 0.2) is 42.5 Å². The highest BCUT2D eigenvalue weighted by Gasteiger charge is 2.27. The maximum absolute atomic E-state index is 12.7. The second-order valence-corrected chi connectivity index (χ2v) is 9.22. The minimum Gasteiger partial charge on any atom is -0.486 e. The first-order valence-corrected chi connectivity index (χ1v) is 11.6. The van der Waals surface area contributed by atoms with Crippen LogP contribution in [0.3, 0.4) is 0 Å². The van der Waals surface area contributed by atoms with E-state index in [1.54, 1.807) is 24.3 Å². The molecule has 0 aliphatic carbocycles. The summed E-state index contributed by atoms with van der Waals surface area (Å²) in [6, 6.07) is 12.1. The van der Waals surface area contributed by atoms with Crippen molar-refractivity contribution in [2.45, 2.75) is 13.0 Å². The summed E-state index contributed by atoms with van der Waals surface area (Å²) in [5.41, 5.74) is 0.340. The van der Waals surface area contributed by atoms with Gasteiger partial charge in [0.15, 0.2) is 23.0 Å². The maximum Gasteiger partial charge on any atom is 0.240 e. The van der Waals surface area contributed by atoms with Gasteiger partial charge < -0.3 is 24.3 Å². The zero-order valence-electron chi connectivity index (χ0n) is 17.1. The van der Waals surface area contributed by atoms with E-state index in [-0.39, 0.29) is 31.6 Å². The molecule has 2 aromatic carbocycles.